The van der Waals surface area contributed by atoms with E-state index in [4.69, 9.17) is 4.74 Å². The van der Waals surface area contributed by atoms with Gasteiger partial charge in [-0.25, -0.2) is 0 Å². The van der Waals surface area contributed by atoms with E-state index in [0.717, 1.165) is 58.9 Å². The van der Waals surface area contributed by atoms with Gasteiger partial charge in [-0.15, -0.1) is 11.8 Å². The highest BCUT2D eigenvalue weighted by molar-refractivity contribution is 7.99. The van der Waals surface area contributed by atoms with Crippen molar-refractivity contribution in [2.75, 3.05) is 17.7 Å². The maximum absolute atomic E-state index is 12.9. The number of anilines is 1. The van der Waals surface area contributed by atoms with Gasteiger partial charge in [0.25, 0.3) is 5.91 Å². The molecule has 25 heavy (non-hydrogen) atoms. The van der Waals surface area contributed by atoms with Crippen molar-refractivity contribution in [3.63, 3.8) is 0 Å². The van der Waals surface area contributed by atoms with Gasteiger partial charge in [0.15, 0.2) is 0 Å². The predicted octanol–water partition coefficient (Wildman–Crippen LogP) is 5.08. The minimum absolute atomic E-state index is 0.0422. The van der Waals surface area contributed by atoms with Gasteiger partial charge < -0.3 is 10.1 Å². The Morgan fingerprint density at radius 1 is 1.24 bits per heavy atom. The Morgan fingerprint density at radius 2 is 2.08 bits per heavy atom. The quantitative estimate of drug-likeness (QED) is 0.734. The molecule has 1 aliphatic rings. The van der Waals surface area contributed by atoms with Crippen LogP contribution in [0.3, 0.4) is 0 Å². The molecule has 4 heteroatoms. The van der Waals surface area contributed by atoms with Crippen LogP contribution in [0.15, 0.2) is 47.4 Å². The molecule has 0 saturated carbocycles. The molecule has 0 spiro atoms. The number of nitrogens with one attached hydrogen (secondary N) is 1. The van der Waals surface area contributed by atoms with E-state index in [9.17, 15) is 4.79 Å². The van der Waals surface area contributed by atoms with Crippen LogP contribution in [-0.4, -0.2) is 24.4 Å². The number of benzene rings is 2. The second-order valence-corrected chi connectivity index (χ2v) is 7.42. The summed E-state index contributed by atoms with van der Waals surface area (Å²) in [6.07, 6.45) is 3.46. The van der Waals surface area contributed by atoms with Crippen LogP contribution in [0.5, 0.6) is 0 Å². The number of aryl methyl sites for hydroxylation is 2. The van der Waals surface area contributed by atoms with E-state index in [1.54, 1.807) is 11.8 Å². The van der Waals surface area contributed by atoms with E-state index in [1.807, 2.05) is 43.3 Å². The third-order valence-corrected chi connectivity index (χ3v) is 5.76. The number of thioether (sulfide) groups is 1. The topological polar surface area (TPSA) is 38.3 Å². The predicted molar refractivity (Wildman–Crippen MR) is 105 cm³/mol. The number of rotatable bonds is 6. The molecule has 3 nitrogen and oxygen atoms in total. The summed E-state index contributed by atoms with van der Waals surface area (Å²) in [5.41, 5.74) is 3.93. The zero-order valence-electron chi connectivity index (χ0n) is 14.9. The second-order valence-electron chi connectivity index (χ2n) is 6.36. The molecule has 2 aromatic rings. The minimum Gasteiger partial charge on any atom is -0.377 e. The van der Waals surface area contributed by atoms with Crippen molar-refractivity contribution in [2.45, 2.75) is 44.1 Å². The maximum Gasteiger partial charge on any atom is 0.256 e. The van der Waals surface area contributed by atoms with Gasteiger partial charge in [0, 0.05) is 22.9 Å². The highest BCUT2D eigenvalue weighted by Crippen LogP contribution is 2.28. The average Bonchev–Trinajstić information content (AvgIpc) is 3.15. The van der Waals surface area contributed by atoms with Gasteiger partial charge in [-0.05, 0) is 49.4 Å². The van der Waals surface area contributed by atoms with Crippen LogP contribution in [-0.2, 0) is 11.2 Å². The van der Waals surface area contributed by atoms with Gasteiger partial charge in [0.1, 0.15) is 0 Å². The van der Waals surface area contributed by atoms with Gasteiger partial charge in [0.05, 0.1) is 11.7 Å². The van der Waals surface area contributed by atoms with Crippen molar-refractivity contribution in [1.82, 2.24) is 0 Å². The Labute approximate surface area is 154 Å². The molecule has 1 saturated heterocycles. The molecule has 0 aliphatic carbocycles. The van der Waals surface area contributed by atoms with E-state index < -0.39 is 0 Å². The average molecular weight is 356 g/mol. The van der Waals surface area contributed by atoms with Crippen LogP contribution in [0.1, 0.15) is 41.3 Å². The molecule has 132 valence electrons. The van der Waals surface area contributed by atoms with Gasteiger partial charge in [0.2, 0.25) is 0 Å². The summed E-state index contributed by atoms with van der Waals surface area (Å²) in [4.78, 5) is 13.9. The molecule has 0 unspecified atom stereocenters. The summed E-state index contributed by atoms with van der Waals surface area (Å²) >= 11 is 1.71. The molecule has 1 fully saturated rings. The van der Waals surface area contributed by atoms with E-state index in [-0.39, 0.29) is 5.91 Å². The first-order valence-electron chi connectivity index (χ1n) is 8.92. The molecule has 0 aromatic heterocycles. The van der Waals surface area contributed by atoms with Gasteiger partial charge in [-0.1, -0.05) is 37.3 Å². The Morgan fingerprint density at radius 3 is 2.84 bits per heavy atom. The lowest BCUT2D eigenvalue weighted by Crippen LogP contribution is -2.16. The highest BCUT2D eigenvalue weighted by atomic mass is 32.2. The molecular weight excluding hydrogens is 330 g/mol. The number of amides is 1. The molecule has 1 N–H and O–H groups in total. The smallest absolute Gasteiger partial charge is 0.256 e. The van der Waals surface area contributed by atoms with E-state index in [2.05, 4.69) is 18.3 Å². The van der Waals surface area contributed by atoms with Crippen molar-refractivity contribution in [3.05, 3.63) is 59.2 Å². The molecule has 2 aromatic carbocycles. The molecule has 3 rings (SSSR count). The normalized spacial score (nSPS) is 16.8. The monoisotopic (exact) mass is 355 g/mol. The number of carbonyl (C=O) groups is 1. The SMILES string of the molecule is CCc1cccc(C)c1NC(=O)c1ccccc1SC[C@H]1CCCO1. The zero-order chi connectivity index (χ0) is 17.6. The number of hydrogen-bond acceptors (Lipinski definition) is 3. The Balaban J connectivity index is 1.76. The molecule has 0 bridgehead atoms. The van der Waals surface area contributed by atoms with E-state index in [0.29, 0.717) is 6.10 Å². The second kappa shape index (κ2) is 8.54. The van der Waals surface area contributed by atoms with Crippen molar-refractivity contribution in [2.24, 2.45) is 0 Å². The van der Waals surface area contributed by atoms with Crippen LogP contribution < -0.4 is 5.32 Å². The summed E-state index contributed by atoms with van der Waals surface area (Å²) < 4.78 is 5.70. The van der Waals surface area contributed by atoms with Crippen LogP contribution in [0.25, 0.3) is 0 Å². The summed E-state index contributed by atoms with van der Waals surface area (Å²) in [6, 6.07) is 14.0. The Hall–Kier alpha value is -1.78. The van der Waals surface area contributed by atoms with Crippen molar-refractivity contribution in [1.29, 1.82) is 0 Å². The lowest BCUT2D eigenvalue weighted by Gasteiger charge is -2.15. The van der Waals surface area contributed by atoms with Crippen molar-refractivity contribution in [3.8, 4) is 0 Å². The summed E-state index contributed by atoms with van der Waals surface area (Å²) in [5, 5.41) is 3.13. The van der Waals surface area contributed by atoms with E-state index in [1.165, 1.54) is 0 Å². The summed E-state index contributed by atoms with van der Waals surface area (Å²) in [7, 11) is 0. The molecule has 1 heterocycles. The van der Waals surface area contributed by atoms with Gasteiger partial charge >= 0.3 is 0 Å². The minimum atomic E-state index is -0.0422. The number of para-hydroxylation sites is 1. The van der Waals surface area contributed by atoms with Crippen molar-refractivity contribution >= 4 is 23.4 Å². The molecule has 0 radical (unpaired) electrons. The first-order valence-corrected chi connectivity index (χ1v) is 9.91. The first kappa shape index (κ1) is 18.0. The van der Waals surface area contributed by atoms with Crippen molar-refractivity contribution < 1.29 is 9.53 Å². The summed E-state index contributed by atoms with van der Waals surface area (Å²) in [6.45, 7) is 5.00. The third kappa shape index (κ3) is 4.44. The van der Waals surface area contributed by atoms with Gasteiger partial charge in [-0.2, -0.15) is 0 Å². The standard InChI is InChI=1S/C21H25NO2S/c1-3-16-9-6-8-15(2)20(16)22-21(23)18-11-4-5-12-19(18)25-14-17-10-7-13-24-17/h4-6,8-9,11-12,17H,3,7,10,13-14H2,1-2H3,(H,22,23)/t17-/m1/s1. The largest absolute Gasteiger partial charge is 0.377 e. The van der Waals surface area contributed by atoms with Crippen LogP contribution in [0.2, 0.25) is 0 Å². The summed E-state index contributed by atoms with van der Waals surface area (Å²) in [5.74, 6) is 0.856. The van der Waals surface area contributed by atoms with Crippen LogP contribution in [0, 0.1) is 6.92 Å². The maximum atomic E-state index is 12.9. The first-order chi connectivity index (χ1) is 12.2. The Bertz CT molecular complexity index is 738. The molecule has 1 amide bonds. The number of hydrogen-bond donors (Lipinski definition) is 1. The van der Waals surface area contributed by atoms with Crippen LogP contribution >= 0.6 is 11.8 Å². The highest BCUT2D eigenvalue weighted by Gasteiger charge is 2.18. The lowest BCUT2D eigenvalue weighted by molar-refractivity contribution is 0.102. The van der Waals surface area contributed by atoms with Gasteiger partial charge in [-0.3, -0.25) is 4.79 Å². The fourth-order valence-electron chi connectivity index (χ4n) is 3.12. The number of carbonyl (C=O) groups excluding carboxylic acids is 1. The molecule has 1 aliphatic heterocycles. The zero-order valence-corrected chi connectivity index (χ0v) is 15.7. The fourth-order valence-corrected chi connectivity index (χ4v) is 4.24. The van der Waals surface area contributed by atoms with Crippen LogP contribution in [0.4, 0.5) is 5.69 Å². The number of ether oxygens (including phenoxy) is 1. The third-order valence-electron chi connectivity index (χ3n) is 4.56. The fraction of sp³-hybridized carbons (Fsp3) is 0.381. The lowest BCUT2D eigenvalue weighted by atomic mass is 10.1. The molecule has 1 atom stereocenters. The molecular formula is C21H25NO2S. The Kier molecular flexibility index (Phi) is 6.16. The van der Waals surface area contributed by atoms with E-state index >= 15 is 0 Å².